The number of hydrogen-bond donors (Lipinski definition) is 0. The quantitative estimate of drug-likeness (QED) is 0.754. The van der Waals surface area contributed by atoms with Crippen molar-refractivity contribution in [2.24, 2.45) is 0 Å². The summed E-state index contributed by atoms with van der Waals surface area (Å²) in [6, 6.07) is 0. The number of ketones is 1. The maximum atomic E-state index is 11.4. The largest absolute Gasteiger partial charge is 0.379 e. The lowest BCUT2D eigenvalue weighted by Gasteiger charge is -2.37. The minimum absolute atomic E-state index is 0.172. The molecule has 0 N–H and O–H groups in total. The lowest BCUT2D eigenvalue weighted by atomic mass is 9.94. The molecule has 0 saturated heterocycles. The van der Waals surface area contributed by atoms with Crippen LogP contribution in [0.2, 0.25) is 0 Å². The van der Waals surface area contributed by atoms with Gasteiger partial charge in [0.2, 0.25) is 0 Å². The molecule has 0 spiro atoms. The number of methoxy groups -OCH3 is 2. The van der Waals surface area contributed by atoms with E-state index >= 15 is 0 Å². The molecule has 0 radical (unpaired) electrons. The number of thioether (sulfide) groups is 1. The molecule has 1 aliphatic heterocycles. The summed E-state index contributed by atoms with van der Waals surface area (Å²) in [6.07, 6.45) is 11.8. The second kappa shape index (κ2) is 8.01. The van der Waals surface area contributed by atoms with Gasteiger partial charge >= 0.3 is 0 Å². The molecule has 21 heavy (non-hydrogen) atoms. The number of ether oxygens (including phenoxy) is 2. The molecule has 4 unspecified atom stereocenters. The van der Waals surface area contributed by atoms with Crippen molar-refractivity contribution in [3.05, 3.63) is 24.4 Å². The van der Waals surface area contributed by atoms with E-state index in [1.165, 1.54) is 0 Å². The van der Waals surface area contributed by atoms with Crippen molar-refractivity contribution >= 4 is 17.5 Å². The molecule has 2 rings (SSSR count). The average Bonchev–Trinajstić information content (AvgIpc) is 2.48. The zero-order valence-electron chi connectivity index (χ0n) is 13.0. The fourth-order valence-electron chi connectivity index (χ4n) is 2.94. The Labute approximate surface area is 131 Å². The predicted octanol–water partition coefficient (Wildman–Crippen LogP) is 2.60. The third kappa shape index (κ3) is 4.59. The highest BCUT2D eigenvalue weighted by atomic mass is 32.2. The summed E-state index contributed by atoms with van der Waals surface area (Å²) in [4.78, 5) is 13.5. The third-order valence-electron chi connectivity index (χ3n) is 4.02. The van der Waals surface area contributed by atoms with Crippen LogP contribution in [-0.2, 0) is 14.3 Å². The summed E-state index contributed by atoms with van der Waals surface area (Å²) in [5.74, 6) is 0.193. The highest BCUT2D eigenvalue weighted by Crippen LogP contribution is 2.35. The van der Waals surface area contributed by atoms with Gasteiger partial charge < -0.3 is 14.4 Å². The zero-order valence-corrected chi connectivity index (χ0v) is 13.8. The first-order valence-electron chi connectivity index (χ1n) is 7.45. The second-order valence-corrected chi connectivity index (χ2v) is 7.03. The zero-order chi connectivity index (χ0) is 15.2. The predicted molar refractivity (Wildman–Crippen MR) is 86.3 cm³/mol. The van der Waals surface area contributed by atoms with Gasteiger partial charge in [-0.25, -0.2) is 0 Å². The van der Waals surface area contributed by atoms with Gasteiger partial charge in [-0.2, -0.15) is 0 Å². The van der Waals surface area contributed by atoms with Gasteiger partial charge in [0.15, 0.2) is 0 Å². The molecule has 2 aliphatic rings. The van der Waals surface area contributed by atoms with Crippen molar-refractivity contribution in [2.75, 3.05) is 20.8 Å². The summed E-state index contributed by atoms with van der Waals surface area (Å²) in [5.41, 5.74) is 0. The second-order valence-electron chi connectivity index (χ2n) is 5.61. The summed E-state index contributed by atoms with van der Waals surface area (Å²) in [7, 11) is 3.52. The molecule has 5 heteroatoms. The number of Topliss-reactive ketones (excluding diaryl/α,β-unsaturated/α-hetero) is 1. The van der Waals surface area contributed by atoms with Crippen LogP contribution in [0.15, 0.2) is 24.4 Å². The first-order chi connectivity index (χ1) is 10.1. The molecule has 1 fully saturated rings. The number of hydrogen-bond acceptors (Lipinski definition) is 5. The molecular formula is C16H25NO3S. The number of carbonyl (C=O) groups is 1. The van der Waals surface area contributed by atoms with E-state index in [0.29, 0.717) is 11.8 Å². The highest BCUT2D eigenvalue weighted by molar-refractivity contribution is 8.00. The van der Waals surface area contributed by atoms with E-state index < -0.39 is 0 Å². The van der Waals surface area contributed by atoms with E-state index in [1.54, 1.807) is 21.1 Å². The summed E-state index contributed by atoms with van der Waals surface area (Å²) in [6.45, 7) is 2.11. The number of carbonyl (C=O) groups excluding carboxylic acids is 1. The normalized spacial score (nSPS) is 32.4. The topological polar surface area (TPSA) is 38.8 Å². The molecule has 4 atom stereocenters. The molecule has 118 valence electrons. The Kier molecular flexibility index (Phi) is 6.33. The molecule has 1 aliphatic carbocycles. The van der Waals surface area contributed by atoms with Crippen molar-refractivity contribution in [3.8, 4) is 0 Å². The number of allylic oxidation sites excluding steroid dienone is 2. The third-order valence-corrected chi connectivity index (χ3v) is 5.54. The molecule has 0 aromatic carbocycles. The smallest absolute Gasteiger partial charge is 0.149 e. The fourth-order valence-corrected chi connectivity index (χ4v) is 4.39. The number of nitrogens with zero attached hydrogens (tertiary/aromatic N) is 1. The van der Waals surface area contributed by atoms with Gasteiger partial charge in [0, 0.05) is 25.7 Å². The Hall–Kier alpha value is -0.780. The van der Waals surface area contributed by atoms with Gasteiger partial charge in [-0.1, -0.05) is 12.2 Å². The molecule has 0 aromatic heterocycles. The molecule has 1 heterocycles. The van der Waals surface area contributed by atoms with Gasteiger partial charge in [-0.15, -0.1) is 11.8 Å². The standard InChI is InChI=1S/C16H25NO3S/c1-12(18)11-17-9-5-4-6-16(17)21-13-7-8-14(19-2)15(10-13)20-3/h4-6,9,13-16H,7-8,10-11H2,1-3H3. The molecule has 1 saturated carbocycles. The van der Waals surface area contributed by atoms with Gasteiger partial charge in [0.1, 0.15) is 5.78 Å². The van der Waals surface area contributed by atoms with Crippen LogP contribution in [-0.4, -0.2) is 54.3 Å². The minimum Gasteiger partial charge on any atom is -0.379 e. The Balaban J connectivity index is 1.92. The summed E-state index contributed by atoms with van der Waals surface area (Å²) in [5, 5.41) is 0.775. The van der Waals surface area contributed by atoms with E-state index in [0.717, 1.165) is 19.3 Å². The van der Waals surface area contributed by atoms with Crippen molar-refractivity contribution in [3.63, 3.8) is 0 Å². The lowest BCUT2D eigenvalue weighted by Crippen LogP contribution is -2.40. The van der Waals surface area contributed by atoms with E-state index in [9.17, 15) is 4.79 Å². The lowest BCUT2D eigenvalue weighted by molar-refractivity contribution is -0.117. The van der Waals surface area contributed by atoms with E-state index in [4.69, 9.17) is 9.47 Å². The van der Waals surface area contributed by atoms with Gasteiger partial charge in [-0.3, -0.25) is 4.79 Å². The fraction of sp³-hybridized carbons (Fsp3) is 0.688. The molecule has 0 amide bonds. The van der Waals surface area contributed by atoms with Crippen LogP contribution >= 0.6 is 11.8 Å². The van der Waals surface area contributed by atoms with Crippen molar-refractivity contribution < 1.29 is 14.3 Å². The Morgan fingerprint density at radius 3 is 2.67 bits per heavy atom. The Morgan fingerprint density at radius 1 is 1.24 bits per heavy atom. The van der Waals surface area contributed by atoms with Crippen molar-refractivity contribution in [1.29, 1.82) is 0 Å². The maximum Gasteiger partial charge on any atom is 0.149 e. The molecule has 0 bridgehead atoms. The van der Waals surface area contributed by atoms with Crippen LogP contribution in [0, 0.1) is 0 Å². The van der Waals surface area contributed by atoms with Gasteiger partial charge in [-0.05, 0) is 32.3 Å². The van der Waals surface area contributed by atoms with Crippen molar-refractivity contribution in [2.45, 2.75) is 49.0 Å². The summed E-state index contributed by atoms with van der Waals surface area (Å²) >= 11 is 1.92. The van der Waals surface area contributed by atoms with E-state index in [1.807, 2.05) is 24.0 Å². The SMILES string of the molecule is COC1CCC(SC2C=CC=CN2CC(C)=O)CC1OC. The molecule has 4 nitrogen and oxygen atoms in total. The van der Waals surface area contributed by atoms with Crippen molar-refractivity contribution in [1.82, 2.24) is 4.90 Å². The van der Waals surface area contributed by atoms with Crippen LogP contribution in [0.5, 0.6) is 0 Å². The maximum absolute atomic E-state index is 11.4. The minimum atomic E-state index is 0.172. The monoisotopic (exact) mass is 311 g/mol. The van der Waals surface area contributed by atoms with Gasteiger partial charge in [0.05, 0.1) is 24.1 Å². The molecule has 0 aromatic rings. The van der Waals surface area contributed by atoms with E-state index in [2.05, 4.69) is 17.1 Å². The van der Waals surface area contributed by atoms with Crippen LogP contribution in [0.3, 0.4) is 0 Å². The highest BCUT2D eigenvalue weighted by Gasteiger charge is 2.32. The Morgan fingerprint density at radius 2 is 2.00 bits per heavy atom. The number of rotatable bonds is 6. The average molecular weight is 311 g/mol. The van der Waals surface area contributed by atoms with Crippen LogP contribution in [0.1, 0.15) is 26.2 Å². The first-order valence-corrected chi connectivity index (χ1v) is 8.39. The summed E-state index contributed by atoms with van der Waals surface area (Å²) < 4.78 is 11.1. The Bertz CT molecular complexity index is 410. The van der Waals surface area contributed by atoms with Gasteiger partial charge in [0.25, 0.3) is 0 Å². The van der Waals surface area contributed by atoms with Crippen LogP contribution in [0.25, 0.3) is 0 Å². The van der Waals surface area contributed by atoms with E-state index in [-0.39, 0.29) is 23.4 Å². The van der Waals surface area contributed by atoms with Crippen LogP contribution in [0.4, 0.5) is 0 Å². The first kappa shape index (κ1) is 16.6. The molecular weight excluding hydrogens is 286 g/mol. The van der Waals surface area contributed by atoms with Crippen LogP contribution < -0.4 is 0 Å².